The summed E-state index contributed by atoms with van der Waals surface area (Å²) < 4.78 is 15.9. The van der Waals surface area contributed by atoms with Gasteiger partial charge in [-0.25, -0.2) is 9.37 Å². The van der Waals surface area contributed by atoms with Crippen LogP contribution in [-0.2, 0) is 11.2 Å². The van der Waals surface area contributed by atoms with Gasteiger partial charge in [0.15, 0.2) is 0 Å². The Bertz CT molecular complexity index is 1370. The normalized spacial score (nSPS) is 14.1. The minimum absolute atomic E-state index is 0.0901. The van der Waals surface area contributed by atoms with E-state index in [2.05, 4.69) is 36.1 Å². The summed E-state index contributed by atoms with van der Waals surface area (Å²) in [5.41, 5.74) is 7.29. The molecule has 0 N–H and O–H groups in total. The quantitative estimate of drug-likeness (QED) is 0.436. The van der Waals surface area contributed by atoms with Gasteiger partial charge in [-0.1, -0.05) is 18.2 Å². The molecule has 2 aromatic carbocycles. The highest BCUT2D eigenvalue weighted by atomic mass is 19.1. The van der Waals surface area contributed by atoms with Gasteiger partial charge in [0.1, 0.15) is 11.5 Å². The van der Waals surface area contributed by atoms with Gasteiger partial charge in [0, 0.05) is 43.6 Å². The molecule has 1 fully saturated rings. The minimum Gasteiger partial charge on any atom is -0.368 e. The maximum Gasteiger partial charge on any atom is 0.228 e. The fourth-order valence-electron chi connectivity index (χ4n) is 4.69. The van der Waals surface area contributed by atoms with E-state index in [9.17, 15) is 9.18 Å². The number of amides is 1. The Hall–Kier alpha value is -3.67. The lowest BCUT2D eigenvalue weighted by atomic mass is 10.0. The Labute approximate surface area is 199 Å². The number of nitrogens with zero attached hydrogens (tertiary/aromatic N) is 4. The second-order valence-corrected chi connectivity index (χ2v) is 9.19. The Morgan fingerprint density at radius 2 is 1.74 bits per heavy atom. The van der Waals surface area contributed by atoms with Crippen LogP contribution in [0.25, 0.3) is 16.9 Å². The molecule has 1 aliphatic heterocycles. The molecule has 0 spiro atoms. The van der Waals surface area contributed by atoms with Crippen molar-refractivity contribution >= 4 is 17.2 Å². The third kappa shape index (κ3) is 4.28. The number of pyridine rings is 1. The molecule has 0 atom stereocenters. The summed E-state index contributed by atoms with van der Waals surface area (Å²) >= 11 is 0. The zero-order chi connectivity index (χ0) is 23.8. The molecule has 4 aromatic rings. The number of hydrogen-bond donors (Lipinski definition) is 0. The number of benzene rings is 2. The van der Waals surface area contributed by atoms with Crippen molar-refractivity contribution in [1.29, 1.82) is 0 Å². The molecule has 0 bridgehead atoms. The van der Waals surface area contributed by atoms with Crippen molar-refractivity contribution < 1.29 is 9.18 Å². The maximum absolute atomic E-state index is 13.9. The van der Waals surface area contributed by atoms with Gasteiger partial charge in [-0.15, -0.1) is 0 Å². The number of carbonyl (C=O) groups is 1. The highest BCUT2D eigenvalue weighted by Crippen LogP contribution is 2.28. The Kier molecular flexibility index (Phi) is 5.82. The van der Waals surface area contributed by atoms with Gasteiger partial charge in [0.25, 0.3) is 0 Å². The van der Waals surface area contributed by atoms with Crippen LogP contribution in [0.5, 0.6) is 0 Å². The molecule has 1 saturated heterocycles. The number of anilines is 1. The first-order valence-corrected chi connectivity index (χ1v) is 11.7. The minimum atomic E-state index is -0.243. The summed E-state index contributed by atoms with van der Waals surface area (Å²) in [6, 6.07) is 17.5. The number of halogens is 1. The molecular formula is C28H29FN4O. The van der Waals surface area contributed by atoms with Crippen LogP contribution in [0.3, 0.4) is 0 Å². The van der Waals surface area contributed by atoms with Gasteiger partial charge in [-0.3, -0.25) is 4.79 Å². The van der Waals surface area contributed by atoms with Gasteiger partial charge >= 0.3 is 0 Å². The van der Waals surface area contributed by atoms with Crippen LogP contribution in [-0.4, -0.2) is 46.4 Å². The molecule has 3 heterocycles. The fraction of sp³-hybridized carbons (Fsp3) is 0.286. The predicted octanol–water partition coefficient (Wildman–Crippen LogP) is 4.96. The molecule has 1 aliphatic rings. The van der Waals surface area contributed by atoms with E-state index in [0.29, 0.717) is 18.7 Å². The lowest BCUT2D eigenvalue weighted by Gasteiger charge is -2.36. The standard InChI is InChI=1S/C28H29FN4O/c1-19-5-4-6-23(15-19)31-11-13-32(14-12-31)27(34)17-25-28(22-8-9-24(29)21(3)16-22)30-26-10-7-20(2)18-33(25)26/h4-10,15-16,18H,11-14,17H2,1-3H3. The van der Waals surface area contributed by atoms with Crippen LogP contribution in [0.1, 0.15) is 22.4 Å². The van der Waals surface area contributed by atoms with E-state index < -0.39 is 0 Å². The van der Waals surface area contributed by atoms with Gasteiger partial charge in [-0.2, -0.15) is 0 Å². The molecule has 5 rings (SSSR count). The van der Waals surface area contributed by atoms with E-state index >= 15 is 0 Å². The largest absolute Gasteiger partial charge is 0.368 e. The van der Waals surface area contributed by atoms with Crippen molar-refractivity contribution in [3.05, 3.63) is 89.0 Å². The molecule has 174 valence electrons. The highest BCUT2D eigenvalue weighted by molar-refractivity contribution is 5.82. The van der Waals surface area contributed by atoms with E-state index in [1.807, 2.05) is 34.6 Å². The smallest absolute Gasteiger partial charge is 0.228 e. The monoisotopic (exact) mass is 456 g/mol. The van der Waals surface area contributed by atoms with Crippen LogP contribution < -0.4 is 4.90 Å². The number of fused-ring (bicyclic) bond motifs is 1. The average molecular weight is 457 g/mol. The van der Waals surface area contributed by atoms with Crippen LogP contribution in [0.2, 0.25) is 0 Å². The average Bonchev–Trinajstić information content (AvgIpc) is 3.18. The predicted molar refractivity (Wildman–Crippen MR) is 134 cm³/mol. The van der Waals surface area contributed by atoms with Crippen molar-refractivity contribution in [2.45, 2.75) is 27.2 Å². The third-order valence-electron chi connectivity index (χ3n) is 6.61. The lowest BCUT2D eigenvalue weighted by Crippen LogP contribution is -2.49. The van der Waals surface area contributed by atoms with Crippen molar-refractivity contribution in [2.24, 2.45) is 0 Å². The maximum atomic E-state index is 13.9. The summed E-state index contributed by atoms with van der Waals surface area (Å²) in [4.78, 5) is 22.5. The zero-order valence-corrected chi connectivity index (χ0v) is 19.9. The first-order valence-electron chi connectivity index (χ1n) is 11.7. The van der Waals surface area contributed by atoms with Crippen LogP contribution in [0, 0.1) is 26.6 Å². The second-order valence-electron chi connectivity index (χ2n) is 9.19. The molecule has 6 heteroatoms. The molecule has 2 aromatic heterocycles. The Morgan fingerprint density at radius 1 is 0.941 bits per heavy atom. The first-order chi connectivity index (χ1) is 16.4. The molecule has 34 heavy (non-hydrogen) atoms. The number of rotatable bonds is 4. The third-order valence-corrected chi connectivity index (χ3v) is 6.61. The Balaban J connectivity index is 1.40. The number of carbonyl (C=O) groups excluding carboxylic acids is 1. The topological polar surface area (TPSA) is 40.8 Å². The number of piperazine rings is 1. The summed E-state index contributed by atoms with van der Waals surface area (Å²) in [7, 11) is 0. The van der Waals surface area contributed by atoms with Crippen molar-refractivity contribution in [2.75, 3.05) is 31.1 Å². The summed E-state index contributed by atoms with van der Waals surface area (Å²) in [6.07, 6.45) is 2.27. The number of aryl methyl sites for hydroxylation is 3. The molecule has 0 radical (unpaired) electrons. The van der Waals surface area contributed by atoms with E-state index in [0.717, 1.165) is 41.3 Å². The number of aromatic nitrogens is 2. The molecular weight excluding hydrogens is 427 g/mol. The zero-order valence-electron chi connectivity index (χ0n) is 19.9. The molecule has 1 amide bonds. The first kappa shape index (κ1) is 22.1. The molecule has 0 saturated carbocycles. The Morgan fingerprint density at radius 3 is 2.47 bits per heavy atom. The lowest BCUT2D eigenvalue weighted by molar-refractivity contribution is -0.130. The van der Waals surface area contributed by atoms with E-state index in [1.54, 1.807) is 19.1 Å². The fourth-order valence-corrected chi connectivity index (χ4v) is 4.69. The number of hydrogen-bond acceptors (Lipinski definition) is 3. The molecule has 0 unspecified atom stereocenters. The number of imidazole rings is 1. The van der Waals surface area contributed by atoms with Gasteiger partial charge in [0.2, 0.25) is 5.91 Å². The van der Waals surface area contributed by atoms with E-state index in [-0.39, 0.29) is 18.1 Å². The van der Waals surface area contributed by atoms with Gasteiger partial charge in [0.05, 0.1) is 17.8 Å². The van der Waals surface area contributed by atoms with Crippen LogP contribution in [0.15, 0.2) is 60.8 Å². The summed E-state index contributed by atoms with van der Waals surface area (Å²) in [5.74, 6) is -0.153. The van der Waals surface area contributed by atoms with Crippen molar-refractivity contribution in [1.82, 2.24) is 14.3 Å². The van der Waals surface area contributed by atoms with Crippen LogP contribution in [0.4, 0.5) is 10.1 Å². The second kappa shape index (κ2) is 8.93. The van der Waals surface area contributed by atoms with Gasteiger partial charge in [-0.05, 0) is 73.9 Å². The summed E-state index contributed by atoms with van der Waals surface area (Å²) in [6.45, 7) is 8.87. The SMILES string of the molecule is Cc1cccc(N2CCN(C(=O)Cc3c(-c4ccc(F)c(C)c4)nc4ccc(C)cn34)CC2)c1. The van der Waals surface area contributed by atoms with Crippen molar-refractivity contribution in [3.8, 4) is 11.3 Å². The van der Waals surface area contributed by atoms with E-state index in [4.69, 9.17) is 4.98 Å². The molecule has 0 aliphatic carbocycles. The van der Waals surface area contributed by atoms with Crippen molar-refractivity contribution in [3.63, 3.8) is 0 Å². The summed E-state index contributed by atoms with van der Waals surface area (Å²) in [5, 5.41) is 0. The van der Waals surface area contributed by atoms with Gasteiger partial charge < -0.3 is 14.2 Å². The highest BCUT2D eigenvalue weighted by Gasteiger charge is 2.24. The van der Waals surface area contributed by atoms with E-state index in [1.165, 1.54) is 17.3 Å². The van der Waals surface area contributed by atoms with Crippen LogP contribution >= 0.6 is 0 Å². The molecule has 5 nitrogen and oxygen atoms in total.